The second-order valence-corrected chi connectivity index (χ2v) is 6.23. The lowest BCUT2D eigenvalue weighted by Crippen LogP contribution is -2.24. The first-order valence-electron chi connectivity index (χ1n) is 5.92. The molecule has 0 aliphatic carbocycles. The normalized spacial score (nSPS) is 18.8. The molecule has 0 saturated carbocycles. The van der Waals surface area contributed by atoms with E-state index in [1.807, 2.05) is 13.0 Å². The van der Waals surface area contributed by atoms with Crippen LogP contribution in [0.25, 0.3) is 0 Å². The number of hydrogen-bond acceptors (Lipinski definition) is 3. The van der Waals surface area contributed by atoms with Crippen molar-refractivity contribution >= 4 is 15.7 Å². The van der Waals surface area contributed by atoms with Crippen LogP contribution in [0.4, 0.5) is 5.69 Å². The molecular weight excluding hydrogens is 236 g/mol. The molecule has 1 aliphatic heterocycles. The van der Waals surface area contributed by atoms with E-state index in [1.165, 1.54) is 0 Å². The number of benzene rings is 1. The average molecular weight is 254 g/mol. The molecule has 1 aromatic carbocycles. The number of fused-ring (bicyclic) bond motifs is 1. The van der Waals surface area contributed by atoms with Gasteiger partial charge in [-0.15, -0.1) is 0 Å². The molecule has 17 heavy (non-hydrogen) atoms. The number of nitrogens with one attached hydrogen (secondary N) is 2. The monoisotopic (exact) mass is 254 g/mol. The second kappa shape index (κ2) is 4.66. The van der Waals surface area contributed by atoms with Crippen LogP contribution >= 0.6 is 0 Å². The van der Waals surface area contributed by atoms with Crippen molar-refractivity contribution in [2.24, 2.45) is 0 Å². The summed E-state index contributed by atoms with van der Waals surface area (Å²) in [6.07, 6.45) is 1.68. The molecule has 0 spiro atoms. The molecule has 1 atom stereocenters. The predicted octanol–water partition coefficient (Wildman–Crippen LogP) is 1.73. The highest BCUT2D eigenvalue weighted by Crippen LogP contribution is 2.27. The van der Waals surface area contributed by atoms with Crippen molar-refractivity contribution in [2.75, 3.05) is 11.9 Å². The van der Waals surface area contributed by atoms with Gasteiger partial charge in [0.2, 0.25) is 10.0 Å². The molecule has 1 aliphatic rings. The smallest absolute Gasteiger partial charge is 0.240 e. The van der Waals surface area contributed by atoms with Crippen LogP contribution in [0, 0.1) is 0 Å². The van der Waals surface area contributed by atoms with Crippen LogP contribution in [0.1, 0.15) is 25.8 Å². The molecule has 0 amide bonds. The maximum absolute atomic E-state index is 11.9. The molecule has 0 bridgehead atoms. The lowest BCUT2D eigenvalue weighted by atomic mass is 10.1. The fraction of sp³-hybridized carbons (Fsp3) is 0.500. The minimum Gasteiger partial charge on any atom is -0.382 e. The minimum atomic E-state index is -3.34. The standard InChI is InChI=1S/C12H18N2O2S/c1-3-6-13-17(15,16)11-4-5-12-10(8-11)7-9(2)14-12/h4-5,8-9,13-14H,3,6-7H2,1-2H3. The lowest BCUT2D eigenvalue weighted by Gasteiger charge is -2.07. The first-order chi connectivity index (χ1) is 8.03. The summed E-state index contributed by atoms with van der Waals surface area (Å²) < 4.78 is 26.5. The Kier molecular flexibility index (Phi) is 3.40. The SMILES string of the molecule is CCCNS(=O)(=O)c1ccc2c(c1)CC(C)N2. The van der Waals surface area contributed by atoms with E-state index in [9.17, 15) is 8.42 Å². The summed E-state index contributed by atoms with van der Waals surface area (Å²) in [6.45, 7) is 4.51. The number of sulfonamides is 1. The van der Waals surface area contributed by atoms with Gasteiger partial charge in [0.25, 0.3) is 0 Å². The molecular formula is C12H18N2O2S. The molecule has 5 heteroatoms. The summed E-state index contributed by atoms with van der Waals surface area (Å²) in [6, 6.07) is 5.65. The second-order valence-electron chi connectivity index (χ2n) is 4.47. The largest absolute Gasteiger partial charge is 0.382 e. The summed E-state index contributed by atoms with van der Waals surface area (Å²) in [7, 11) is -3.34. The predicted molar refractivity (Wildman–Crippen MR) is 68.7 cm³/mol. The van der Waals surface area contributed by atoms with Crippen molar-refractivity contribution in [3.05, 3.63) is 23.8 Å². The van der Waals surface area contributed by atoms with Crippen molar-refractivity contribution < 1.29 is 8.42 Å². The third-order valence-electron chi connectivity index (χ3n) is 2.86. The van der Waals surface area contributed by atoms with Gasteiger partial charge < -0.3 is 5.32 Å². The van der Waals surface area contributed by atoms with Crippen LogP contribution < -0.4 is 10.0 Å². The van der Waals surface area contributed by atoms with E-state index in [4.69, 9.17) is 0 Å². The summed E-state index contributed by atoms with van der Waals surface area (Å²) in [5, 5.41) is 3.30. The van der Waals surface area contributed by atoms with Crippen molar-refractivity contribution in [1.82, 2.24) is 4.72 Å². The van der Waals surface area contributed by atoms with Crippen LogP contribution in [0.2, 0.25) is 0 Å². The van der Waals surface area contributed by atoms with E-state index in [0.717, 1.165) is 24.1 Å². The van der Waals surface area contributed by atoms with E-state index in [0.29, 0.717) is 17.5 Å². The summed E-state index contributed by atoms with van der Waals surface area (Å²) in [4.78, 5) is 0.362. The van der Waals surface area contributed by atoms with E-state index in [2.05, 4.69) is 17.0 Å². The highest BCUT2D eigenvalue weighted by Gasteiger charge is 2.20. The number of rotatable bonds is 4. The Labute approximate surface area is 102 Å². The zero-order chi connectivity index (χ0) is 12.5. The van der Waals surface area contributed by atoms with Gasteiger partial charge in [0.1, 0.15) is 0 Å². The molecule has 1 aromatic rings. The van der Waals surface area contributed by atoms with Gasteiger partial charge in [0.05, 0.1) is 4.90 Å². The Morgan fingerprint density at radius 1 is 1.47 bits per heavy atom. The van der Waals surface area contributed by atoms with Crippen LogP contribution in [0.5, 0.6) is 0 Å². The Balaban J connectivity index is 2.27. The molecule has 2 N–H and O–H groups in total. The molecule has 0 aromatic heterocycles. The molecule has 1 unspecified atom stereocenters. The van der Waals surface area contributed by atoms with Gasteiger partial charge in [0, 0.05) is 18.3 Å². The zero-order valence-corrected chi connectivity index (χ0v) is 11.0. The topological polar surface area (TPSA) is 58.2 Å². The molecule has 0 saturated heterocycles. The van der Waals surface area contributed by atoms with Gasteiger partial charge in [-0.3, -0.25) is 0 Å². The Morgan fingerprint density at radius 2 is 2.24 bits per heavy atom. The highest BCUT2D eigenvalue weighted by molar-refractivity contribution is 7.89. The lowest BCUT2D eigenvalue weighted by molar-refractivity contribution is 0.580. The van der Waals surface area contributed by atoms with Gasteiger partial charge in [-0.1, -0.05) is 6.92 Å². The van der Waals surface area contributed by atoms with Crippen LogP contribution in [0.3, 0.4) is 0 Å². The first kappa shape index (κ1) is 12.4. The van der Waals surface area contributed by atoms with Gasteiger partial charge >= 0.3 is 0 Å². The van der Waals surface area contributed by atoms with E-state index >= 15 is 0 Å². The van der Waals surface area contributed by atoms with Crippen molar-refractivity contribution in [3.8, 4) is 0 Å². The first-order valence-corrected chi connectivity index (χ1v) is 7.40. The Hall–Kier alpha value is -1.07. The fourth-order valence-electron chi connectivity index (χ4n) is 2.01. The van der Waals surface area contributed by atoms with Crippen LogP contribution in [0.15, 0.2) is 23.1 Å². The zero-order valence-electron chi connectivity index (χ0n) is 10.2. The molecule has 94 valence electrons. The van der Waals surface area contributed by atoms with E-state index < -0.39 is 10.0 Å². The molecule has 1 heterocycles. The molecule has 0 fully saturated rings. The van der Waals surface area contributed by atoms with E-state index in [-0.39, 0.29) is 0 Å². The van der Waals surface area contributed by atoms with Crippen molar-refractivity contribution in [1.29, 1.82) is 0 Å². The van der Waals surface area contributed by atoms with Gasteiger partial charge in [-0.05, 0) is 43.5 Å². The summed E-state index contributed by atoms with van der Waals surface area (Å²) >= 11 is 0. The van der Waals surface area contributed by atoms with Crippen molar-refractivity contribution in [3.63, 3.8) is 0 Å². The Morgan fingerprint density at radius 3 is 2.94 bits per heavy atom. The fourth-order valence-corrected chi connectivity index (χ4v) is 3.20. The molecule has 0 radical (unpaired) electrons. The van der Waals surface area contributed by atoms with Crippen LogP contribution in [-0.2, 0) is 16.4 Å². The van der Waals surface area contributed by atoms with Crippen LogP contribution in [-0.4, -0.2) is 21.0 Å². The van der Waals surface area contributed by atoms with Gasteiger partial charge in [-0.25, -0.2) is 13.1 Å². The summed E-state index contributed by atoms with van der Waals surface area (Å²) in [5.74, 6) is 0. The Bertz CT molecular complexity index is 511. The average Bonchev–Trinajstić information content (AvgIpc) is 2.65. The minimum absolute atomic E-state index is 0.362. The molecule has 2 rings (SSSR count). The van der Waals surface area contributed by atoms with Gasteiger partial charge in [0.15, 0.2) is 0 Å². The quantitative estimate of drug-likeness (QED) is 0.860. The maximum atomic E-state index is 11.9. The highest BCUT2D eigenvalue weighted by atomic mass is 32.2. The third-order valence-corrected chi connectivity index (χ3v) is 4.32. The third kappa shape index (κ3) is 2.61. The number of hydrogen-bond donors (Lipinski definition) is 2. The van der Waals surface area contributed by atoms with E-state index in [1.54, 1.807) is 12.1 Å². The number of anilines is 1. The van der Waals surface area contributed by atoms with Gasteiger partial charge in [-0.2, -0.15) is 0 Å². The van der Waals surface area contributed by atoms with Crippen molar-refractivity contribution in [2.45, 2.75) is 37.6 Å². The molecule has 4 nitrogen and oxygen atoms in total. The maximum Gasteiger partial charge on any atom is 0.240 e. The summed E-state index contributed by atoms with van der Waals surface area (Å²) in [5.41, 5.74) is 2.13.